The van der Waals surface area contributed by atoms with Gasteiger partial charge in [0.25, 0.3) is 5.56 Å². The lowest BCUT2D eigenvalue weighted by molar-refractivity contribution is -0.0522. The second-order valence-corrected chi connectivity index (χ2v) is 4.63. The Hall–Kier alpha value is -1.98. The van der Waals surface area contributed by atoms with E-state index in [2.05, 4.69) is 4.98 Å². The number of allylic oxidation sites excluding steroid dienone is 1. The Labute approximate surface area is 116 Å². The summed E-state index contributed by atoms with van der Waals surface area (Å²) in [6.07, 6.45) is 5.33. The first-order valence-corrected chi connectivity index (χ1v) is 6.63. The highest BCUT2D eigenvalue weighted by atomic mass is 16.7. The van der Waals surface area contributed by atoms with Gasteiger partial charge in [-0.1, -0.05) is 12.2 Å². The molecule has 0 aromatic carbocycles. The van der Waals surface area contributed by atoms with Crippen molar-refractivity contribution in [2.75, 3.05) is 13.2 Å². The number of hydrogen-bond acceptors (Lipinski definition) is 4. The normalized spacial score (nSPS) is 16.4. The van der Waals surface area contributed by atoms with Crippen molar-refractivity contribution in [3.05, 3.63) is 46.4 Å². The summed E-state index contributed by atoms with van der Waals surface area (Å²) in [7, 11) is 0. The maximum atomic E-state index is 12.1. The second kappa shape index (κ2) is 5.56. The number of ether oxygens (including phenoxy) is 2. The molecule has 0 atom stereocenters. The summed E-state index contributed by atoms with van der Waals surface area (Å²) < 4.78 is 12.5. The van der Waals surface area contributed by atoms with Gasteiger partial charge in [0.05, 0.1) is 30.8 Å². The number of hydrogen-bond donors (Lipinski definition) is 0. The Morgan fingerprint density at radius 2 is 2.20 bits per heavy atom. The van der Waals surface area contributed by atoms with Gasteiger partial charge < -0.3 is 14.0 Å². The molecule has 3 heterocycles. The molecule has 0 radical (unpaired) electrons. The van der Waals surface area contributed by atoms with Crippen LogP contribution in [0.2, 0.25) is 0 Å². The van der Waals surface area contributed by atoms with E-state index in [0.717, 1.165) is 16.6 Å². The Morgan fingerprint density at radius 3 is 2.95 bits per heavy atom. The summed E-state index contributed by atoms with van der Waals surface area (Å²) in [6, 6.07) is 5.22. The molecule has 20 heavy (non-hydrogen) atoms. The van der Waals surface area contributed by atoms with Gasteiger partial charge >= 0.3 is 0 Å². The maximum Gasteiger partial charge on any atom is 0.251 e. The van der Waals surface area contributed by atoms with E-state index in [1.165, 1.54) is 6.07 Å². The molecule has 3 rings (SSSR count). The van der Waals surface area contributed by atoms with Crippen LogP contribution >= 0.6 is 0 Å². The predicted octanol–water partition coefficient (Wildman–Crippen LogP) is 1.80. The Morgan fingerprint density at radius 1 is 1.40 bits per heavy atom. The quantitative estimate of drug-likeness (QED) is 0.855. The first-order chi connectivity index (χ1) is 9.78. The van der Waals surface area contributed by atoms with E-state index in [4.69, 9.17) is 9.47 Å². The highest BCUT2D eigenvalue weighted by Gasteiger charge is 2.18. The van der Waals surface area contributed by atoms with E-state index in [1.54, 1.807) is 16.8 Å². The Kier molecular flexibility index (Phi) is 3.62. The third-order valence-corrected chi connectivity index (χ3v) is 3.24. The van der Waals surface area contributed by atoms with Gasteiger partial charge in [-0.25, -0.2) is 0 Å². The molecule has 0 saturated carbocycles. The molecule has 1 aliphatic heterocycles. The zero-order valence-electron chi connectivity index (χ0n) is 11.3. The molecule has 5 heteroatoms. The summed E-state index contributed by atoms with van der Waals surface area (Å²) in [4.78, 5) is 16.5. The largest absolute Gasteiger partial charge is 0.348 e. The lowest BCUT2D eigenvalue weighted by atomic mass is 10.2. The number of pyridine rings is 2. The SMILES string of the molecule is C/C=C/c1cnc2ccc(=O)n(CC3OCCO3)c2c1. The van der Waals surface area contributed by atoms with Gasteiger partial charge in [-0.15, -0.1) is 0 Å². The van der Waals surface area contributed by atoms with Gasteiger partial charge in [0, 0.05) is 12.3 Å². The minimum Gasteiger partial charge on any atom is -0.348 e. The molecule has 104 valence electrons. The number of nitrogens with zero attached hydrogens (tertiary/aromatic N) is 2. The molecular formula is C15H16N2O3. The van der Waals surface area contributed by atoms with Gasteiger partial charge in [-0.05, 0) is 24.6 Å². The Bertz CT molecular complexity index is 700. The molecular weight excluding hydrogens is 256 g/mol. The molecule has 1 aliphatic rings. The molecule has 0 amide bonds. The summed E-state index contributed by atoms with van der Waals surface area (Å²) >= 11 is 0. The molecule has 0 bridgehead atoms. The van der Waals surface area contributed by atoms with Crippen molar-refractivity contribution in [3.63, 3.8) is 0 Å². The molecule has 1 fully saturated rings. The van der Waals surface area contributed by atoms with E-state index < -0.39 is 0 Å². The van der Waals surface area contributed by atoms with Crippen molar-refractivity contribution < 1.29 is 9.47 Å². The smallest absolute Gasteiger partial charge is 0.251 e. The third kappa shape index (κ3) is 2.50. The minimum atomic E-state index is -0.358. The summed E-state index contributed by atoms with van der Waals surface area (Å²) in [5.74, 6) is 0. The number of aromatic nitrogens is 2. The first kappa shape index (κ1) is 13.0. The zero-order valence-corrected chi connectivity index (χ0v) is 11.3. The van der Waals surface area contributed by atoms with Crippen LogP contribution in [0.15, 0.2) is 35.3 Å². The molecule has 5 nitrogen and oxygen atoms in total. The van der Waals surface area contributed by atoms with Crippen molar-refractivity contribution in [1.82, 2.24) is 9.55 Å². The van der Waals surface area contributed by atoms with E-state index >= 15 is 0 Å². The molecule has 0 N–H and O–H groups in total. The van der Waals surface area contributed by atoms with Gasteiger partial charge in [-0.2, -0.15) is 0 Å². The minimum absolute atomic E-state index is 0.0731. The fourth-order valence-electron chi connectivity index (χ4n) is 2.32. The molecule has 2 aromatic rings. The highest BCUT2D eigenvalue weighted by molar-refractivity contribution is 5.77. The average Bonchev–Trinajstić information content (AvgIpc) is 2.95. The fraction of sp³-hybridized carbons (Fsp3) is 0.333. The van der Waals surface area contributed by atoms with Crippen molar-refractivity contribution >= 4 is 17.1 Å². The second-order valence-electron chi connectivity index (χ2n) is 4.63. The number of rotatable bonds is 3. The Balaban J connectivity index is 2.09. The first-order valence-electron chi connectivity index (χ1n) is 6.63. The van der Waals surface area contributed by atoms with E-state index in [-0.39, 0.29) is 11.8 Å². The monoisotopic (exact) mass is 272 g/mol. The average molecular weight is 272 g/mol. The van der Waals surface area contributed by atoms with Gasteiger partial charge in [-0.3, -0.25) is 9.78 Å². The van der Waals surface area contributed by atoms with Crippen LogP contribution in [-0.2, 0) is 16.0 Å². The van der Waals surface area contributed by atoms with Gasteiger partial charge in [0.1, 0.15) is 0 Å². The predicted molar refractivity (Wildman–Crippen MR) is 76.4 cm³/mol. The summed E-state index contributed by atoms with van der Waals surface area (Å²) in [6.45, 7) is 3.48. The van der Waals surface area contributed by atoms with Crippen molar-refractivity contribution in [2.24, 2.45) is 0 Å². The molecule has 0 unspecified atom stereocenters. The van der Waals surface area contributed by atoms with Crippen LogP contribution in [0.5, 0.6) is 0 Å². The molecule has 1 saturated heterocycles. The van der Waals surface area contributed by atoms with Crippen LogP contribution in [-0.4, -0.2) is 29.1 Å². The van der Waals surface area contributed by atoms with Gasteiger partial charge in [0.2, 0.25) is 0 Å². The van der Waals surface area contributed by atoms with Crippen molar-refractivity contribution in [1.29, 1.82) is 0 Å². The summed E-state index contributed by atoms with van der Waals surface area (Å²) in [5, 5.41) is 0. The van der Waals surface area contributed by atoms with Crippen LogP contribution in [0.25, 0.3) is 17.1 Å². The van der Waals surface area contributed by atoms with Crippen LogP contribution in [0.3, 0.4) is 0 Å². The van der Waals surface area contributed by atoms with E-state index in [1.807, 2.05) is 25.1 Å². The van der Waals surface area contributed by atoms with Gasteiger partial charge in [0.15, 0.2) is 6.29 Å². The van der Waals surface area contributed by atoms with E-state index in [0.29, 0.717) is 19.8 Å². The maximum absolute atomic E-state index is 12.1. The van der Waals surface area contributed by atoms with Crippen LogP contribution in [0, 0.1) is 0 Å². The molecule has 0 spiro atoms. The summed E-state index contributed by atoms with van der Waals surface area (Å²) in [5.41, 5.74) is 2.48. The standard InChI is InChI=1S/C15H16N2O3/c1-2-3-11-8-13-12(16-9-11)4-5-14(18)17(13)10-15-19-6-7-20-15/h2-5,8-9,15H,6-7,10H2,1H3/b3-2+. The number of fused-ring (bicyclic) bond motifs is 1. The van der Waals surface area contributed by atoms with Crippen LogP contribution in [0.4, 0.5) is 0 Å². The lowest BCUT2D eigenvalue weighted by Crippen LogP contribution is -2.27. The highest BCUT2D eigenvalue weighted by Crippen LogP contribution is 2.15. The third-order valence-electron chi connectivity index (χ3n) is 3.24. The fourth-order valence-corrected chi connectivity index (χ4v) is 2.32. The van der Waals surface area contributed by atoms with Crippen molar-refractivity contribution in [2.45, 2.75) is 19.8 Å². The topological polar surface area (TPSA) is 53.4 Å². The van der Waals surface area contributed by atoms with Crippen LogP contribution in [0.1, 0.15) is 12.5 Å². The van der Waals surface area contributed by atoms with E-state index in [9.17, 15) is 4.79 Å². The van der Waals surface area contributed by atoms with Crippen LogP contribution < -0.4 is 5.56 Å². The lowest BCUT2D eigenvalue weighted by Gasteiger charge is -2.14. The molecule has 0 aliphatic carbocycles. The molecule has 2 aromatic heterocycles. The zero-order chi connectivity index (χ0) is 13.9. The van der Waals surface area contributed by atoms with Crippen molar-refractivity contribution in [3.8, 4) is 0 Å².